The second-order valence-corrected chi connectivity index (χ2v) is 4.61. The van der Waals surface area contributed by atoms with Gasteiger partial charge in [0.05, 0.1) is 13.2 Å². The number of benzene rings is 1. The van der Waals surface area contributed by atoms with Crippen LogP contribution in [0.4, 0.5) is 0 Å². The Morgan fingerprint density at radius 1 is 0.952 bits per heavy atom. The maximum Gasteiger partial charge on any atom is 0.161 e. The molecule has 2 aromatic rings. The van der Waals surface area contributed by atoms with Gasteiger partial charge in [-0.1, -0.05) is 12.1 Å². The van der Waals surface area contributed by atoms with Crippen LogP contribution in [0.1, 0.15) is 25.0 Å². The van der Waals surface area contributed by atoms with E-state index >= 15 is 0 Å². The first-order valence-electron chi connectivity index (χ1n) is 7.31. The van der Waals surface area contributed by atoms with Crippen LogP contribution in [0.25, 0.3) is 0 Å². The highest BCUT2D eigenvalue weighted by atomic mass is 16.5. The van der Waals surface area contributed by atoms with Crippen molar-refractivity contribution in [2.45, 2.75) is 26.9 Å². The molecule has 0 aliphatic heterocycles. The topological polar surface area (TPSA) is 43.4 Å². The van der Waals surface area contributed by atoms with Crippen LogP contribution in [0.3, 0.4) is 0 Å². The Bertz CT molecular complexity index is 544. The van der Waals surface area contributed by atoms with Crippen LogP contribution < -0.4 is 14.8 Å². The van der Waals surface area contributed by atoms with Gasteiger partial charge in [-0.2, -0.15) is 0 Å². The number of rotatable bonds is 8. The molecule has 1 aromatic carbocycles. The summed E-state index contributed by atoms with van der Waals surface area (Å²) in [7, 11) is 0. The van der Waals surface area contributed by atoms with Gasteiger partial charge >= 0.3 is 0 Å². The van der Waals surface area contributed by atoms with E-state index in [0.717, 1.165) is 24.6 Å². The quantitative estimate of drug-likeness (QED) is 0.809. The number of nitrogens with zero attached hydrogens (tertiary/aromatic N) is 1. The molecule has 0 amide bonds. The summed E-state index contributed by atoms with van der Waals surface area (Å²) in [6.45, 7) is 6.79. The number of pyridine rings is 1. The third kappa shape index (κ3) is 4.76. The largest absolute Gasteiger partial charge is 0.490 e. The van der Waals surface area contributed by atoms with Crippen molar-refractivity contribution in [1.82, 2.24) is 10.3 Å². The van der Waals surface area contributed by atoms with Crippen molar-refractivity contribution in [2.24, 2.45) is 0 Å². The summed E-state index contributed by atoms with van der Waals surface area (Å²) in [5.74, 6) is 1.61. The number of nitrogens with one attached hydrogen (secondary N) is 1. The second-order valence-electron chi connectivity index (χ2n) is 4.61. The fourth-order valence-electron chi connectivity index (χ4n) is 2.06. The first-order valence-corrected chi connectivity index (χ1v) is 7.31. The molecule has 0 aliphatic carbocycles. The Balaban J connectivity index is 1.95. The van der Waals surface area contributed by atoms with E-state index in [-0.39, 0.29) is 0 Å². The van der Waals surface area contributed by atoms with Gasteiger partial charge in [0.1, 0.15) is 0 Å². The molecule has 4 heteroatoms. The third-order valence-corrected chi connectivity index (χ3v) is 2.99. The molecular weight excluding hydrogens is 264 g/mol. The zero-order valence-electron chi connectivity index (χ0n) is 12.6. The number of ether oxygens (including phenoxy) is 2. The molecule has 4 nitrogen and oxygen atoms in total. The minimum Gasteiger partial charge on any atom is -0.490 e. The Hall–Kier alpha value is -2.07. The highest BCUT2D eigenvalue weighted by Crippen LogP contribution is 2.28. The van der Waals surface area contributed by atoms with Crippen molar-refractivity contribution in [2.75, 3.05) is 13.2 Å². The van der Waals surface area contributed by atoms with Crippen molar-refractivity contribution in [3.05, 3.63) is 53.9 Å². The van der Waals surface area contributed by atoms with Gasteiger partial charge in [-0.15, -0.1) is 0 Å². The Kier molecular flexibility index (Phi) is 6.03. The van der Waals surface area contributed by atoms with Crippen molar-refractivity contribution >= 4 is 0 Å². The van der Waals surface area contributed by atoms with Crippen molar-refractivity contribution < 1.29 is 9.47 Å². The lowest BCUT2D eigenvalue weighted by molar-refractivity contribution is 0.287. The monoisotopic (exact) mass is 286 g/mol. The predicted molar refractivity (Wildman–Crippen MR) is 83.6 cm³/mol. The van der Waals surface area contributed by atoms with Crippen LogP contribution in [0.15, 0.2) is 42.7 Å². The predicted octanol–water partition coefficient (Wildman–Crippen LogP) is 3.17. The van der Waals surface area contributed by atoms with E-state index in [2.05, 4.69) is 22.4 Å². The highest BCUT2D eigenvalue weighted by Gasteiger charge is 2.06. The molecule has 0 saturated heterocycles. The Labute approximate surface area is 126 Å². The summed E-state index contributed by atoms with van der Waals surface area (Å²) >= 11 is 0. The molecule has 1 heterocycles. The van der Waals surface area contributed by atoms with Crippen molar-refractivity contribution in [3.63, 3.8) is 0 Å². The smallest absolute Gasteiger partial charge is 0.161 e. The first kappa shape index (κ1) is 15.3. The molecule has 0 atom stereocenters. The van der Waals surface area contributed by atoms with E-state index in [9.17, 15) is 0 Å². The molecule has 112 valence electrons. The molecule has 1 aromatic heterocycles. The van der Waals surface area contributed by atoms with E-state index in [1.165, 1.54) is 11.1 Å². The molecule has 0 bridgehead atoms. The number of hydrogen-bond acceptors (Lipinski definition) is 4. The molecule has 0 spiro atoms. The number of aromatic nitrogens is 1. The molecule has 0 aliphatic rings. The molecule has 0 fully saturated rings. The first-order chi connectivity index (χ1) is 10.3. The molecule has 1 N–H and O–H groups in total. The van der Waals surface area contributed by atoms with Crippen LogP contribution in [0, 0.1) is 0 Å². The van der Waals surface area contributed by atoms with Gasteiger partial charge in [0, 0.05) is 25.5 Å². The molecule has 2 rings (SSSR count). The van der Waals surface area contributed by atoms with Crippen LogP contribution in [0.5, 0.6) is 11.5 Å². The van der Waals surface area contributed by atoms with Gasteiger partial charge in [0.15, 0.2) is 11.5 Å². The Morgan fingerprint density at radius 3 is 2.43 bits per heavy atom. The average molecular weight is 286 g/mol. The zero-order valence-corrected chi connectivity index (χ0v) is 12.6. The fourth-order valence-corrected chi connectivity index (χ4v) is 2.06. The van der Waals surface area contributed by atoms with Crippen molar-refractivity contribution in [3.8, 4) is 11.5 Å². The Morgan fingerprint density at radius 2 is 1.71 bits per heavy atom. The molecule has 0 radical (unpaired) electrons. The van der Waals surface area contributed by atoms with E-state index in [0.29, 0.717) is 13.2 Å². The van der Waals surface area contributed by atoms with E-state index < -0.39 is 0 Å². The number of hydrogen-bond donors (Lipinski definition) is 1. The van der Waals surface area contributed by atoms with Crippen LogP contribution in [0.2, 0.25) is 0 Å². The summed E-state index contributed by atoms with van der Waals surface area (Å²) in [4.78, 5) is 4.10. The lowest BCUT2D eigenvalue weighted by Gasteiger charge is -2.12. The lowest BCUT2D eigenvalue weighted by atomic mass is 10.2. The molecule has 0 unspecified atom stereocenters. The normalized spacial score (nSPS) is 10.4. The minimum atomic E-state index is 0.632. The fraction of sp³-hybridized carbons (Fsp3) is 0.353. The summed E-state index contributed by atoms with van der Waals surface area (Å²) in [5.41, 5.74) is 2.35. The van der Waals surface area contributed by atoms with E-state index in [1.54, 1.807) is 6.20 Å². The maximum atomic E-state index is 5.63. The lowest BCUT2D eigenvalue weighted by Crippen LogP contribution is -2.13. The molecule has 0 saturated carbocycles. The molecular formula is C17H22N2O2. The van der Waals surface area contributed by atoms with E-state index in [1.807, 2.05) is 38.2 Å². The summed E-state index contributed by atoms with van der Waals surface area (Å²) < 4.78 is 11.2. The van der Waals surface area contributed by atoms with Gasteiger partial charge in [0.2, 0.25) is 0 Å². The van der Waals surface area contributed by atoms with Crippen LogP contribution in [-0.2, 0) is 13.1 Å². The highest BCUT2D eigenvalue weighted by molar-refractivity contribution is 5.43. The summed E-state index contributed by atoms with van der Waals surface area (Å²) in [6, 6.07) is 10.1. The van der Waals surface area contributed by atoms with E-state index in [4.69, 9.17) is 9.47 Å². The summed E-state index contributed by atoms with van der Waals surface area (Å²) in [5, 5.41) is 3.40. The van der Waals surface area contributed by atoms with Gasteiger partial charge in [-0.05, 0) is 43.2 Å². The molecule has 21 heavy (non-hydrogen) atoms. The van der Waals surface area contributed by atoms with Gasteiger partial charge in [-0.3, -0.25) is 4.98 Å². The van der Waals surface area contributed by atoms with Crippen LogP contribution in [-0.4, -0.2) is 18.2 Å². The summed E-state index contributed by atoms with van der Waals surface area (Å²) in [6.07, 6.45) is 3.65. The van der Waals surface area contributed by atoms with Gasteiger partial charge in [-0.25, -0.2) is 0 Å². The SMILES string of the molecule is CCOc1ccc(CNCc2cccnc2)cc1OCC. The van der Waals surface area contributed by atoms with Crippen molar-refractivity contribution in [1.29, 1.82) is 0 Å². The maximum absolute atomic E-state index is 5.63. The standard InChI is InChI=1S/C17H22N2O2/c1-3-20-16-8-7-14(10-17(16)21-4-2)11-19-13-15-6-5-9-18-12-15/h5-10,12,19H,3-4,11,13H2,1-2H3. The van der Waals surface area contributed by atoms with Gasteiger partial charge < -0.3 is 14.8 Å². The zero-order chi connectivity index (χ0) is 14.9. The van der Waals surface area contributed by atoms with Crippen LogP contribution >= 0.6 is 0 Å². The van der Waals surface area contributed by atoms with Gasteiger partial charge in [0.25, 0.3) is 0 Å². The third-order valence-electron chi connectivity index (χ3n) is 2.99. The average Bonchev–Trinajstić information content (AvgIpc) is 2.51. The second kappa shape index (κ2) is 8.27. The minimum absolute atomic E-state index is 0.632.